The molecule has 4 rings (SSSR count). The van der Waals surface area contributed by atoms with Crippen molar-refractivity contribution in [2.75, 3.05) is 5.32 Å². The molecule has 0 saturated carbocycles. The molecule has 3 aromatic carbocycles. The SMILES string of the molecule is N=c1oc2ccccc2cc1C(=O)Nc1ccc(OCc2ccccc2)cc1. The Balaban J connectivity index is 1.45. The van der Waals surface area contributed by atoms with Gasteiger partial charge in [-0.2, -0.15) is 0 Å². The lowest BCUT2D eigenvalue weighted by Crippen LogP contribution is -2.20. The van der Waals surface area contributed by atoms with Crippen molar-refractivity contribution in [3.8, 4) is 5.75 Å². The van der Waals surface area contributed by atoms with Gasteiger partial charge in [-0.1, -0.05) is 48.5 Å². The second-order valence-corrected chi connectivity index (χ2v) is 6.28. The monoisotopic (exact) mass is 370 g/mol. The van der Waals surface area contributed by atoms with Gasteiger partial charge in [0.05, 0.1) is 0 Å². The Labute approximate surface area is 161 Å². The number of benzene rings is 3. The average molecular weight is 370 g/mol. The first kappa shape index (κ1) is 17.5. The molecule has 5 nitrogen and oxygen atoms in total. The van der Waals surface area contributed by atoms with E-state index in [0.717, 1.165) is 10.9 Å². The van der Waals surface area contributed by atoms with E-state index in [1.807, 2.05) is 48.5 Å². The van der Waals surface area contributed by atoms with Crippen LogP contribution in [0, 0.1) is 5.41 Å². The topological polar surface area (TPSA) is 75.3 Å². The van der Waals surface area contributed by atoms with Gasteiger partial charge < -0.3 is 14.5 Å². The van der Waals surface area contributed by atoms with Crippen LogP contribution in [0.4, 0.5) is 5.69 Å². The number of hydrogen-bond donors (Lipinski definition) is 2. The van der Waals surface area contributed by atoms with Gasteiger partial charge in [-0.3, -0.25) is 10.2 Å². The summed E-state index contributed by atoms with van der Waals surface area (Å²) in [7, 11) is 0. The first-order valence-electron chi connectivity index (χ1n) is 8.85. The number of amides is 1. The summed E-state index contributed by atoms with van der Waals surface area (Å²) in [4.78, 5) is 12.6. The summed E-state index contributed by atoms with van der Waals surface area (Å²) in [6.45, 7) is 0.480. The van der Waals surface area contributed by atoms with Crippen LogP contribution in [0.25, 0.3) is 11.0 Å². The third-order valence-electron chi connectivity index (χ3n) is 4.28. The Hall–Kier alpha value is -3.86. The quantitative estimate of drug-likeness (QED) is 0.533. The summed E-state index contributed by atoms with van der Waals surface area (Å²) in [6.07, 6.45) is 0. The fraction of sp³-hybridized carbons (Fsp3) is 0.0435. The van der Waals surface area contributed by atoms with Crippen LogP contribution in [0.5, 0.6) is 5.75 Å². The molecule has 0 atom stereocenters. The number of fused-ring (bicyclic) bond motifs is 1. The highest BCUT2D eigenvalue weighted by Gasteiger charge is 2.12. The first-order valence-corrected chi connectivity index (χ1v) is 8.85. The summed E-state index contributed by atoms with van der Waals surface area (Å²) >= 11 is 0. The molecule has 0 unspecified atom stereocenters. The van der Waals surface area contributed by atoms with E-state index in [9.17, 15) is 4.79 Å². The second kappa shape index (κ2) is 7.80. The van der Waals surface area contributed by atoms with Crippen LogP contribution in [-0.2, 0) is 6.61 Å². The highest BCUT2D eigenvalue weighted by atomic mass is 16.5. The van der Waals surface area contributed by atoms with Crippen molar-refractivity contribution in [1.29, 1.82) is 5.41 Å². The van der Waals surface area contributed by atoms with E-state index in [0.29, 0.717) is 23.6 Å². The molecule has 0 aliphatic rings. The lowest BCUT2D eigenvalue weighted by molar-refractivity contribution is 0.102. The molecule has 1 aromatic heterocycles. The minimum absolute atomic E-state index is 0.168. The summed E-state index contributed by atoms with van der Waals surface area (Å²) in [6, 6.07) is 26.0. The molecule has 2 N–H and O–H groups in total. The van der Waals surface area contributed by atoms with Crippen molar-refractivity contribution in [2.24, 2.45) is 0 Å². The molecule has 0 radical (unpaired) electrons. The normalized spacial score (nSPS) is 10.6. The molecule has 4 aromatic rings. The third-order valence-corrected chi connectivity index (χ3v) is 4.28. The van der Waals surface area contributed by atoms with Crippen LogP contribution in [0.15, 0.2) is 89.3 Å². The van der Waals surface area contributed by atoms with Crippen molar-refractivity contribution >= 4 is 22.6 Å². The molecular weight excluding hydrogens is 352 g/mol. The zero-order chi connectivity index (χ0) is 19.3. The van der Waals surface area contributed by atoms with Gasteiger partial charge in [0.1, 0.15) is 23.5 Å². The minimum Gasteiger partial charge on any atom is -0.489 e. The van der Waals surface area contributed by atoms with Gasteiger partial charge >= 0.3 is 0 Å². The molecule has 28 heavy (non-hydrogen) atoms. The third kappa shape index (κ3) is 3.94. The molecule has 0 aliphatic heterocycles. The lowest BCUT2D eigenvalue weighted by atomic mass is 10.1. The molecule has 0 fully saturated rings. The van der Waals surface area contributed by atoms with Gasteiger partial charge in [-0.05, 0) is 42.0 Å². The van der Waals surface area contributed by atoms with E-state index in [1.165, 1.54) is 0 Å². The molecule has 0 aliphatic carbocycles. The number of carbonyl (C=O) groups excluding carboxylic acids is 1. The Bertz CT molecular complexity index is 1170. The smallest absolute Gasteiger partial charge is 0.261 e. The number of nitrogens with one attached hydrogen (secondary N) is 2. The van der Waals surface area contributed by atoms with Crippen molar-refractivity contribution in [1.82, 2.24) is 0 Å². The van der Waals surface area contributed by atoms with E-state index in [4.69, 9.17) is 14.6 Å². The van der Waals surface area contributed by atoms with Crippen molar-refractivity contribution < 1.29 is 13.9 Å². The van der Waals surface area contributed by atoms with Gasteiger partial charge in [0.25, 0.3) is 5.91 Å². The molecular formula is C23H18N2O3. The highest BCUT2D eigenvalue weighted by Crippen LogP contribution is 2.18. The van der Waals surface area contributed by atoms with Crippen LogP contribution >= 0.6 is 0 Å². The van der Waals surface area contributed by atoms with E-state index in [1.54, 1.807) is 36.4 Å². The second-order valence-electron chi connectivity index (χ2n) is 6.28. The van der Waals surface area contributed by atoms with Crippen LogP contribution in [0.2, 0.25) is 0 Å². The van der Waals surface area contributed by atoms with Gasteiger partial charge in [0.2, 0.25) is 5.55 Å². The maximum Gasteiger partial charge on any atom is 0.261 e. The fourth-order valence-electron chi connectivity index (χ4n) is 2.82. The first-order chi connectivity index (χ1) is 13.7. The molecule has 0 saturated heterocycles. The van der Waals surface area contributed by atoms with Crippen molar-refractivity contribution in [2.45, 2.75) is 6.61 Å². The molecule has 0 bridgehead atoms. The fourth-order valence-corrected chi connectivity index (χ4v) is 2.82. The van der Waals surface area contributed by atoms with Crippen LogP contribution < -0.4 is 15.6 Å². The molecule has 1 heterocycles. The summed E-state index contributed by atoms with van der Waals surface area (Å²) in [5, 5.41) is 11.5. The number of hydrogen-bond acceptors (Lipinski definition) is 4. The predicted molar refractivity (Wildman–Crippen MR) is 107 cm³/mol. The largest absolute Gasteiger partial charge is 0.489 e. The minimum atomic E-state index is -0.391. The highest BCUT2D eigenvalue weighted by molar-refractivity contribution is 6.05. The Morgan fingerprint density at radius 3 is 2.43 bits per heavy atom. The zero-order valence-corrected chi connectivity index (χ0v) is 15.0. The van der Waals surface area contributed by atoms with Crippen LogP contribution in [0.3, 0.4) is 0 Å². The van der Waals surface area contributed by atoms with Crippen molar-refractivity contribution in [3.05, 3.63) is 102 Å². The van der Waals surface area contributed by atoms with Crippen molar-refractivity contribution in [3.63, 3.8) is 0 Å². The number of rotatable bonds is 5. The van der Waals surface area contributed by atoms with Gasteiger partial charge in [0.15, 0.2) is 0 Å². The summed E-state index contributed by atoms with van der Waals surface area (Å²) in [5.41, 5.74) is 2.29. The summed E-state index contributed by atoms with van der Waals surface area (Å²) < 4.78 is 11.2. The van der Waals surface area contributed by atoms with E-state index >= 15 is 0 Å². The average Bonchev–Trinajstić information content (AvgIpc) is 2.73. The molecule has 5 heteroatoms. The standard InChI is InChI=1S/C23H18N2O3/c24-22-20(14-17-8-4-5-9-21(17)28-22)23(26)25-18-10-12-19(13-11-18)27-15-16-6-2-1-3-7-16/h1-14,24H,15H2,(H,25,26). The predicted octanol–water partition coefficient (Wildman–Crippen LogP) is 4.74. The molecule has 1 amide bonds. The molecule has 0 spiro atoms. The number of carbonyl (C=O) groups is 1. The molecule has 138 valence electrons. The number of para-hydroxylation sites is 1. The number of anilines is 1. The lowest BCUT2D eigenvalue weighted by Gasteiger charge is -2.09. The van der Waals surface area contributed by atoms with Crippen LogP contribution in [-0.4, -0.2) is 5.91 Å². The Morgan fingerprint density at radius 2 is 1.64 bits per heavy atom. The summed E-state index contributed by atoms with van der Waals surface area (Å²) in [5.74, 6) is 0.321. The van der Waals surface area contributed by atoms with E-state index in [2.05, 4.69) is 5.32 Å². The van der Waals surface area contributed by atoms with E-state index in [-0.39, 0.29) is 11.1 Å². The maximum absolute atomic E-state index is 12.6. The van der Waals surface area contributed by atoms with Crippen LogP contribution in [0.1, 0.15) is 15.9 Å². The van der Waals surface area contributed by atoms with Gasteiger partial charge in [-0.15, -0.1) is 0 Å². The van der Waals surface area contributed by atoms with Gasteiger partial charge in [0, 0.05) is 11.1 Å². The van der Waals surface area contributed by atoms with E-state index < -0.39 is 5.91 Å². The van der Waals surface area contributed by atoms with Gasteiger partial charge in [-0.25, -0.2) is 0 Å². The maximum atomic E-state index is 12.6. The Morgan fingerprint density at radius 1 is 0.929 bits per heavy atom. The number of ether oxygens (including phenoxy) is 1. The Kier molecular flexibility index (Phi) is 4.89. The zero-order valence-electron chi connectivity index (χ0n) is 15.0.